The van der Waals surface area contributed by atoms with E-state index in [1.807, 2.05) is 12.1 Å². The maximum absolute atomic E-state index is 6.27. The Morgan fingerprint density at radius 1 is 1.16 bits per heavy atom. The second-order valence-corrected chi connectivity index (χ2v) is 7.56. The quantitative estimate of drug-likeness (QED) is 0.840. The summed E-state index contributed by atoms with van der Waals surface area (Å²) in [5, 5.41) is 4.78. The summed E-state index contributed by atoms with van der Waals surface area (Å²) in [6, 6.07) is 9.76. The van der Waals surface area contributed by atoms with Gasteiger partial charge in [0.15, 0.2) is 0 Å². The van der Waals surface area contributed by atoms with Gasteiger partial charge >= 0.3 is 0 Å². The molecule has 2 saturated carbocycles. The van der Waals surface area contributed by atoms with Gasteiger partial charge in [0.05, 0.1) is 0 Å². The highest BCUT2D eigenvalue weighted by Gasteiger charge is 2.36. The molecule has 1 N–H and O–H groups in total. The minimum atomic E-state index is 0.545. The predicted molar refractivity (Wildman–Crippen MR) is 81.8 cm³/mol. The molecule has 104 valence electrons. The molecule has 0 amide bonds. The van der Waals surface area contributed by atoms with Gasteiger partial charge in [0.2, 0.25) is 0 Å². The van der Waals surface area contributed by atoms with Crippen LogP contribution < -0.4 is 5.32 Å². The van der Waals surface area contributed by atoms with E-state index in [1.54, 1.807) is 0 Å². The second-order valence-electron chi connectivity index (χ2n) is 7.16. The lowest BCUT2D eigenvalue weighted by molar-refractivity contribution is 0.256. The molecule has 19 heavy (non-hydrogen) atoms. The van der Waals surface area contributed by atoms with Crippen LogP contribution in [0.15, 0.2) is 24.3 Å². The smallest absolute Gasteiger partial charge is 0.0440 e. The lowest BCUT2D eigenvalue weighted by Crippen LogP contribution is -2.44. The molecule has 0 bridgehead atoms. The van der Waals surface area contributed by atoms with Crippen LogP contribution in [0.4, 0.5) is 0 Å². The van der Waals surface area contributed by atoms with Gasteiger partial charge in [-0.1, -0.05) is 43.6 Å². The molecule has 1 unspecified atom stereocenters. The van der Waals surface area contributed by atoms with Crippen LogP contribution in [0.2, 0.25) is 5.02 Å². The first-order valence-electron chi connectivity index (χ1n) is 7.54. The van der Waals surface area contributed by atoms with Crippen molar-refractivity contribution in [1.82, 2.24) is 5.32 Å². The van der Waals surface area contributed by atoms with E-state index in [9.17, 15) is 0 Å². The molecule has 0 spiro atoms. The second kappa shape index (κ2) is 5.10. The highest BCUT2D eigenvalue weighted by Crippen LogP contribution is 2.42. The Labute approximate surface area is 121 Å². The topological polar surface area (TPSA) is 12.0 Å². The molecule has 1 nitrogen and oxygen atoms in total. The van der Waals surface area contributed by atoms with Crippen LogP contribution >= 0.6 is 11.6 Å². The maximum Gasteiger partial charge on any atom is 0.0440 e. The number of halogens is 1. The van der Waals surface area contributed by atoms with Gasteiger partial charge in [-0.2, -0.15) is 0 Å². The van der Waals surface area contributed by atoms with E-state index in [0.29, 0.717) is 17.4 Å². The third-order valence-corrected chi connectivity index (χ3v) is 5.27. The minimum Gasteiger partial charge on any atom is -0.311 e. The number of hydrogen-bond donors (Lipinski definition) is 1. The molecule has 2 aliphatic rings. The fourth-order valence-corrected chi connectivity index (χ4v) is 4.02. The molecule has 0 aliphatic heterocycles. The molecule has 2 aliphatic carbocycles. The molecule has 2 heteroatoms. The highest BCUT2D eigenvalue weighted by molar-refractivity contribution is 6.31. The third kappa shape index (κ3) is 2.98. The Bertz CT molecular complexity index is 448. The molecule has 0 heterocycles. The summed E-state index contributed by atoms with van der Waals surface area (Å²) in [6.45, 7) is 4.78. The fraction of sp³-hybridized carbons (Fsp3) is 0.647. The number of nitrogens with one attached hydrogen (secondary N) is 1. The standard InChI is InChI=1S/C17H24ClN/c1-17(2)8-7-13(11-17)19-14-9-12(10-14)15-5-3-4-6-16(15)18/h3-6,12-14,19H,7-11H2,1-2H3. The lowest BCUT2D eigenvalue weighted by atomic mass is 9.75. The summed E-state index contributed by atoms with van der Waals surface area (Å²) >= 11 is 6.27. The number of rotatable bonds is 3. The molecule has 1 aromatic rings. The molecule has 0 radical (unpaired) electrons. The van der Waals surface area contributed by atoms with Crippen molar-refractivity contribution in [2.75, 3.05) is 0 Å². The van der Waals surface area contributed by atoms with Crippen LogP contribution in [0.3, 0.4) is 0 Å². The Hall–Kier alpha value is -0.530. The van der Waals surface area contributed by atoms with Crippen molar-refractivity contribution < 1.29 is 0 Å². The van der Waals surface area contributed by atoms with Gasteiger partial charge in [0, 0.05) is 17.1 Å². The molecule has 2 fully saturated rings. The SMILES string of the molecule is CC1(C)CCC(NC2CC(c3ccccc3Cl)C2)C1. The number of benzene rings is 1. The van der Waals surface area contributed by atoms with E-state index in [2.05, 4.69) is 31.3 Å². The van der Waals surface area contributed by atoms with Crippen molar-refractivity contribution in [1.29, 1.82) is 0 Å². The Morgan fingerprint density at radius 2 is 1.89 bits per heavy atom. The van der Waals surface area contributed by atoms with Gasteiger partial charge < -0.3 is 5.32 Å². The summed E-state index contributed by atoms with van der Waals surface area (Å²) in [5.74, 6) is 0.667. The molecular formula is C17H24ClN. The van der Waals surface area contributed by atoms with E-state index in [4.69, 9.17) is 11.6 Å². The normalized spacial score (nSPS) is 33.1. The Kier molecular flexibility index (Phi) is 3.61. The van der Waals surface area contributed by atoms with Crippen LogP contribution in [0.25, 0.3) is 0 Å². The molecule has 1 atom stereocenters. The largest absolute Gasteiger partial charge is 0.311 e. The van der Waals surface area contributed by atoms with Gasteiger partial charge in [-0.3, -0.25) is 0 Å². The first kappa shape index (κ1) is 13.5. The highest BCUT2D eigenvalue weighted by atomic mass is 35.5. The zero-order valence-corrected chi connectivity index (χ0v) is 12.7. The van der Waals surface area contributed by atoms with Crippen molar-refractivity contribution in [3.8, 4) is 0 Å². The monoisotopic (exact) mass is 277 g/mol. The van der Waals surface area contributed by atoms with E-state index in [1.165, 1.54) is 37.7 Å². The summed E-state index contributed by atoms with van der Waals surface area (Å²) in [7, 11) is 0. The van der Waals surface area contributed by atoms with Gasteiger partial charge in [0.25, 0.3) is 0 Å². The summed E-state index contributed by atoms with van der Waals surface area (Å²) < 4.78 is 0. The van der Waals surface area contributed by atoms with E-state index >= 15 is 0 Å². The lowest BCUT2D eigenvalue weighted by Gasteiger charge is -2.38. The van der Waals surface area contributed by atoms with Crippen molar-refractivity contribution in [2.45, 2.75) is 64.0 Å². The number of hydrogen-bond acceptors (Lipinski definition) is 1. The molecule has 0 saturated heterocycles. The van der Waals surface area contributed by atoms with E-state index < -0.39 is 0 Å². The summed E-state index contributed by atoms with van der Waals surface area (Å²) in [4.78, 5) is 0. The van der Waals surface area contributed by atoms with Crippen LogP contribution in [-0.4, -0.2) is 12.1 Å². The summed E-state index contributed by atoms with van der Waals surface area (Å²) in [6.07, 6.45) is 6.55. The van der Waals surface area contributed by atoms with Gasteiger partial charge in [0.1, 0.15) is 0 Å². The zero-order chi connectivity index (χ0) is 13.5. The molecular weight excluding hydrogens is 254 g/mol. The van der Waals surface area contributed by atoms with Crippen LogP contribution in [-0.2, 0) is 0 Å². The van der Waals surface area contributed by atoms with Crippen molar-refractivity contribution in [3.05, 3.63) is 34.9 Å². The molecule has 0 aromatic heterocycles. The van der Waals surface area contributed by atoms with Gasteiger partial charge in [-0.15, -0.1) is 0 Å². The van der Waals surface area contributed by atoms with Crippen molar-refractivity contribution >= 4 is 11.6 Å². The average molecular weight is 278 g/mol. The van der Waals surface area contributed by atoms with Crippen LogP contribution in [0.5, 0.6) is 0 Å². The first-order valence-corrected chi connectivity index (χ1v) is 7.92. The van der Waals surface area contributed by atoms with Crippen LogP contribution in [0, 0.1) is 5.41 Å². The van der Waals surface area contributed by atoms with Crippen molar-refractivity contribution in [2.24, 2.45) is 5.41 Å². The maximum atomic E-state index is 6.27. The Morgan fingerprint density at radius 3 is 2.53 bits per heavy atom. The summed E-state index contributed by atoms with van der Waals surface area (Å²) in [5.41, 5.74) is 1.89. The minimum absolute atomic E-state index is 0.545. The third-order valence-electron chi connectivity index (χ3n) is 4.92. The van der Waals surface area contributed by atoms with Gasteiger partial charge in [-0.05, 0) is 55.1 Å². The van der Waals surface area contributed by atoms with E-state index in [-0.39, 0.29) is 0 Å². The Balaban J connectivity index is 1.50. The predicted octanol–water partition coefficient (Wildman–Crippen LogP) is 4.75. The average Bonchev–Trinajstić information content (AvgIpc) is 2.64. The fourth-order valence-electron chi connectivity index (χ4n) is 3.73. The van der Waals surface area contributed by atoms with Crippen LogP contribution in [0.1, 0.15) is 57.4 Å². The molecule has 1 aromatic carbocycles. The zero-order valence-electron chi connectivity index (χ0n) is 12.0. The van der Waals surface area contributed by atoms with E-state index in [0.717, 1.165) is 11.1 Å². The first-order chi connectivity index (χ1) is 9.03. The van der Waals surface area contributed by atoms with Gasteiger partial charge in [-0.25, -0.2) is 0 Å². The molecule has 3 rings (SSSR count). The van der Waals surface area contributed by atoms with Crippen molar-refractivity contribution in [3.63, 3.8) is 0 Å².